The van der Waals surface area contributed by atoms with Crippen LogP contribution in [0.25, 0.3) is 5.69 Å². The highest BCUT2D eigenvalue weighted by Crippen LogP contribution is 2.37. The topological polar surface area (TPSA) is 56.1 Å². The highest BCUT2D eigenvalue weighted by molar-refractivity contribution is 5.95. The van der Waals surface area contributed by atoms with Gasteiger partial charge in [-0.15, -0.1) is 0 Å². The third-order valence-electron chi connectivity index (χ3n) is 4.24. The monoisotopic (exact) mass is 319 g/mol. The number of aromatic nitrogens is 2. The molecule has 120 valence electrons. The predicted molar refractivity (Wildman–Crippen MR) is 91.5 cm³/mol. The molecule has 0 saturated carbocycles. The molecule has 1 aromatic heterocycles. The van der Waals surface area contributed by atoms with E-state index < -0.39 is 6.10 Å². The summed E-state index contributed by atoms with van der Waals surface area (Å²) in [5, 5.41) is 7.24. The first-order chi connectivity index (χ1) is 11.7. The van der Waals surface area contributed by atoms with Gasteiger partial charge in [0.25, 0.3) is 5.91 Å². The van der Waals surface area contributed by atoms with Crippen LogP contribution in [0.2, 0.25) is 0 Å². The molecule has 4 rings (SSSR count). The maximum atomic E-state index is 12.6. The van der Waals surface area contributed by atoms with E-state index in [4.69, 9.17) is 4.74 Å². The number of hydrogen-bond donors (Lipinski definition) is 1. The zero-order chi connectivity index (χ0) is 16.5. The molecule has 2 heterocycles. The molecule has 1 amide bonds. The van der Waals surface area contributed by atoms with Crippen molar-refractivity contribution in [3.05, 3.63) is 72.4 Å². The molecule has 5 nitrogen and oxygen atoms in total. The fourth-order valence-corrected chi connectivity index (χ4v) is 2.96. The Morgan fingerprint density at radius 1 is 1.08 bits per heavy atom. The molecule has 0 unspecified atom stereocenters. The fraction of sp³-hybridized carbons (Fsp3) is 0.158. The molecule has 24 heavy (non-hydrogen) atoms. The number of nitrogens with zero attached hydrogens (tertiary/aromatic N) is 2. The summed E-state index contributed by atoms with van der Waals surface area (Å²) in [7, 11) is 0. The molecule has 2 aromatic carbocycles. The van der Waals surface area contributed by atoms with Crippen molar-refractivity contribution in [3.8, 4) is 11.4 Å². The van der Waals surface area contributed by atoms with E-state index in [0.717, 1.165) is 17.0 Å². The van der Waals surface area contributed by atoms with Gasteiger partial charge < -0.3 is 10.1 Å². The highest BCUT2D eigenvalue weighted by atomic mass is 16.5. The number of carbonyl (C=O) groups is 1. The Labute approximate surface area is 139 Å². The van der Waals surface area contributed by atoms with Crippen LogP contribution < -0.4 is 10.1 Å². The molecule has 0 radical (unpaired) electrons. The van der Waals surface area contributed by atoms with Gasteiger partial charge in [-0.25, -0.2) is 4.68 Å². The summed E-state index contributed by atoms with van der Waals surface area (Å²) in [5.74, 6) is 1.12. The second kappa shape index (κ2) is 5.85. The Morgan fingerprint density at radius 2 is 1.83 bits per heavy atom. The highest BCUT2D eigenvalue weighted by Gasteiger charge is 2.36. The summed E-state index contributed by atoms with van der Waals surface area (Å²) in [6.07, 6.45) is 1.28. The van der Waals surface area contributed by atoms with Crippen molar-refractivity contribution in [2.45, 2.75) is 18.9 Å². The lowest BCUT2D eigenvalue weighted by Gasteiger charge is -2.14. The standard InChI is InChI=1S/C19H17N3O2/c1-13-15-9-5-6-10-16(15)24-18(13)19(23)20-17-11-12-22(21-17)14-7-3-2-4-8-14/h2-13,18H,1H3,(H,20,21,23)/t13-,18+/m1/s1. The van der Waals surface area contributed by atoms with Crippen LogP contribution >= 0.6 is 0 Å². The van der Waals surface area contributed by atoms with Crippen molar-refractivity contribution in [1.82, 2.24) is 9.78 Å². The van der Waals surface area contributed by atoms with Crippen LogP contribution in [0.15, 0.2) is 66.9 Å². The van der Waals surface area contributed by atoms with Crippen molar-refractivity contribution in [2.24, 2.45) is 0 Å². The van der Waals surface area contributed by atoms with Crippen LogP contribution in [-0.2, 0) is 4.79 Å². The number of anilines is 1. The summed E-state index contributed by atoms with van der Waals surface area (Å²) in [6, 6.07) is 19.3. The Kier molecular flexibility index (Phi) is 3.54. The predicted octanol–water partition coefficient (Wildman–Crippen LogP) is 3.38. The number of para-hydroxylation sites is 2. The van der Waals surface area contributed by atoms with Crippen molar-refractivity contribution < 1.29 is 9.53 Å². The van der Waals surface area contributed by atoms with Crippen LogP contribution in [-0.4, -0.2) is 21.8 Å². The van der Waals surface area contributed by atoms with E-state index >= 15 is 0 Å². The number of amides is 1. The summed E-state index contributed by atoms with van der Waals surface area (Å²) >= 11 is 0. The molecule has 0 aliphatic carbocycles. The van der Waals surface area contributed by atoms with Gasteiger partial charge in [-0.2, -0.15) is 5.10 Å². The minimum atomic E-state index is -0.538. The fourth-order valence-electron chi connectivity index (χ4n) is 2.96. The largest absolute Gasteiger partial charge is 0.480 e. The Balaban J connectivity index is 1.49. The van der Waals surface area contributed by atoms with Crippen LogP contribution in [0.3, 0.4) is 0 Å². The first kappa shape index (κ1) is 14.5. The summed E-state index contributed by atoms with van der Waals surface area (Å²) in [4.78, 5) is 12.6. The van der Waals surface area contributed by atoms with E-state index in [-0.39, 0.29) is 11.8 Å². The van der Waals surface area contributed by atoms with Crippen molar-refractivity contribution in [2.75, 3.05) is 5.32 Å². The molecule has 0 saturated heterocycles. The lowest BCUT2D eigenvalue weighted by Crippen LogP contribution is -2.33. The number of hydrogen-bond acceptors (Lipinski definition) is 3. The zero-order valence-electron chi connectivity index (χ0n) is 13.2. The first-order valence-electron chi connectivity index (χ1n) is 7.90. The molecule has 1 aliphatic heterocycles. The second-order valence-electron chi connectivity index (χ2n) is 5.84. The van der Waals surface area contributed by atoms with Gasteiger partial charge >= 0.3 is 0 Å². The molecular weight excluding hydrogens is 302 g/mol. The average Bonchev–Trinajstić information content (AvgIpc) is 3.21. The molecule has 0 spiro atoms. The number of rotatable bonds is 3. The number of ether oxygens (including phenoxy) is 1. The van der Waals surface area contributed by atoms with Gasteiger partial charge in [0.05, 0.1) is 5.69 Å². The molecule has 3 aromatic rings. The van der Waals surface area contributed by atoms with Crippen LogP contribution in [0.4, 0.5) is 5.82 Å². The Hall–Kier alpha value is -3.08. The van der Waals surface area contributed by atoms with Crippen LogP contribution in [0, 0.1) is 0 Å². The van der Waals surface area contributed by atoms with E-state index in [1.165, 1.54) is 0 Å². The molecule has 2 atom stereocenters. The maximum Gasteiger partial charge on any atom is 0.267 e. The van der Waals surface area contributed by atoms with Crippen molar-refractivity contribution in [1.29, 1.82) is 0 Å². The smallest absolute Gasteiger partial charge is 0.267 e. The van der Waals surface area contributed by atoms with Gasteiger partial charge in [-0.1, -0.05) is 43.3 Å². The Morgan fingerprint density at radius 3 is 2.62 bits per heavy atom. The number of fused-ring (bicyclic) bond motifs is 1. The third kappa shape index (κ3) is 2.54. The summed E-state index contributed by atoms with van der Waals surface area (Å²) in [6.45, 7) is 2.00. The minimum absolute atomic E-state index is 0.0115. The SMILES string of the molecule is C[C@@H]1c2ccccc2O[C@@H]1C(=O)Nc1ccn(-c2ccccc2)n1. The lowest BCUT2D eigenvalue weighted by atomic mass is 9.97. The number of nitrogens with one attached hydrogen (secondary N) is 1. The maximum absolute atomic E-state index is 12.6. The quantitative estimate of drug-likeness (QED) is 0.805. The second-order valence-corrected chi connectivity index (χ2v) is 5.84. The molecule has 0 bridgehead atoms. The Bertz CT molecular complexity index is 873. The van der Waals surface area contributed by atoms with Crippen LogP contribution in [0.1, 0.15) is 18.4 Å². The van der Waals surface area contributed by atoms with Gasteiger partial charge in [0.1, 0.15) is 5.75 Å². The van der Waals surface area contributed by atoms with E-state index in [0.29, 0.717) is 5.82 Å². The van der Waals surface area contributed by atoms with Gasteiger partial charge in [-0.05, 0) is 18.2 Å². The van der Waals surface area contributed by atoms with E-state index in [1.807, 2.05) is 67.7 Å². The summed E-state index contributed by atoms with van der Waals surface area (Å²) < 4.78 is 7.52. The van der Waals surface area contributed by atoms with E-state index in [9.17, 15) is 4.79 Å². The molecule has 5 heteroatoms. The molecule has 1 N–H and O–H groups in total. The van der Waals surface area contributed by atoms with E-state index in [2.05, 4.69) is 10.4 Å². The normalized spacial score (nSPS) is 18.7. The van der Waals surface area contributed by atoms with Gasteiger partial charge in [0.2, 0.25) is 0 Å². The molecule has 0 fully saturated rings. The number of benzene rings is 2. The third-order valence-corrected chi connectivity index (χ3v) is 4.24. The minimum Gasteiger partial charge on any atom is -0.480 e. The lowest BCUT2D eigenvalue weighted by molar-refractivity contribution is -0.122. The van der Waals surface area contributed by atoms with Crippen molar-refractivity contribution in [3.63, 3.8) is 0 Å². The van der Waals surface area contributed by atoms with Gasteiger partial charge in [0, 0.05) is 23.7 Å². The van der Waals surface area contributed by atoms with Crippen LogP contribution in [0.5, 0.6) is 5.75 Å². The molecule has 1 aliphatic rings. The number of carbonyl (C=O) groups excluding carboxylic acids is 1. The summed E-state index contributed by atoms with van der Waals surface area (Å²) in [5.41, 5.74) is 2.00. The van der Waals surface area contributed by atoms with E-state index in [1.54, 1.807) is 10.7 Å². The first-order valence-corrected chi connectivity index (χ1v) is 7.90. The molecular formula is C19H17N3O2. The zero-order valence-corrected chi connectivity index (χ0v) is 13.2. The van der Waals surface area contributed by atoms with Gasteiger partial charge in [0.15, 0.2) is 11.9 Å². The van der Waals surface area contributed by atoms with Gasteiger partial charge in [-0.3, -0.25) is 4.79 Å². The van der Waals surface area contributed by atoms with Crippen molar-refractivity contribution >= 4 is 11.7 Å². The average molecular weight is 319 g/mol.